The largest absolute Gasteiger partial charge is 0.389 e. The van der Waals surface area contributed by atoms with Crippen LogP contribution in [0.2, 0.25) is 0 Å². The Morgan fingerprint density at radius 1 is 1.17 bits per heavy atom. The summed E-state index contributed by atoms with van der Waals surface area (Å²) in [6, 6.07) is -0.342. The molecule has 0 radical (unpaired) electrons. The van der Waals surface area contributed by atoms with E-state index in [1.807, 2.05) is 0 Å². The monoisotopic (exact) mass is 342 g/mol. The van der Waals surface area contributed by atoms with Gasteiger partial charge in [0.1, 0.15) is 0 Å². The lowest BCUT2D eigenvalue weighted by Gasteiger charge is -2.22. The summed E-state index contributed by atoms with van der Waals surface area (Å²) in [6.45, 7) is 0.423. The highest BCUT2D eigenvalue weighted by molar-refractivity contribution is 7.89. The van der Waals surface area contributed by atoms with Crippen LogP contribution in [-0.2, 0) is 10.0 Å². The average molecular weight is 342 g/mol. The molecule has 1 aromatic rings. The van der Waals surface area contributed by atoms with Gasteiger partial charge in [-0.15, -0.1) is 5.10 Å². The number of rotatable bonds is 6. The lowest BCUT2D eigenvalue weighted by molar-refractivity contribution is 0.142. The molecule has 2 heterocycles. The van der Waals surface area contributed by atoms with Gasteiger partial charge in [0, 0.05) is 19.3 Å². The maximum absolute atomic E-state index is 12.5. The number of nitrogens with zero attached hydrogens (tertiary/aromatic N) is 4. The molecular formula is C15H26N4O3S. The summed E-state index contributed by atoms with van der Waals surface area (Å²) in [4.78, 5) is 0. The van der Waals surface area contributed by atoms with Crippen LogP contribution >= 0.6 is 0 Å². The van der Waals surface area contributed by atoms with Crippen molar-refractivity contribution >= 4 is 10.0 Å². The van der Waals surface area contributed by atoms with Crippen LogP contribution in [0.1, 0.15) is 51.0 Å². The molecule has 0 aromatic carbocycles. The van der Waals surface area contributed by atoms with Crippen LogP contribution in [0.4, 0.5) is 0 Å². The van der Waals surface area contributed by atoms with Crippen molar-refractivity contribution in [2.75, 3.05) is 18.8 Å². The van der Waals surface area contributed by atoms with Gasteiger partial charge in [-0.1, -0.05) is 37.3 Å². The Balaban J connectivity index is 1.51. The van der Waals surface area contributed by atoms with Crippen molar-refractivity contribution in [3.8, 4) is 0 Å². The van der Waals surface area contributed by atoms with Gasteiger partial charge in [-0.2, -0.15) is 4.31 Å². The average Bonchev–Trinajstić information content (AvgIpc) is 3.17. The van der Waals surface area contributed by atoms with Crippen LogP contribution in [0, 0.1) is 5.92 Å². The number of aliphatic hydroxyl groups is 1. The Hall–Kier alpha value is -0.990. The van der Waals surface area contributed by atoms with Crippen LogP contribution < -0.4 is 0 Å². The zero-order valence-corrected chi connectivity index (χ0v) is 14.2. The lowest BCUT2D eigenvalue weighted by Crippen LogP contribution is -2.32. The molecule has 1 aliphatic carbocycles. The van der Waals surface area contributed by atoms with E-state index in [0.717, 1.165) is 6.42 Å². The third kappa shape index (κ3) is 4.10. The second-order valence-corrected chi connectivity index (χ2v) is 8.89. The van der Waals surface area contributed by atoms with Gasteiger partial charge < -0.3 is 5.11 Å². The van der Waals surface area contributed by atoms with Gasteiger partial charge in [-0.25, -0.2) is 13.1 Å². The summed E-state index contributed by atoms with van der Waals surface area (Å²) in [6.07, 6.45) is 10.6. The molecule has 7 nitrogen and oxygen atoms in total. The van der Waals surface area contributed by atoms with Gasteiger partial charge >= 0.3 is 0 Å². The van der Waals surface area contributed by atoms with E-state index >= 15 is 0 Å². The zero-order valence-electron chi connectivity index (χ0n) is 13.4. The number of sulfonamides is 1. The minimum Gasteiger partial charge on any atom is -0.389 e. The first-order valence-corrected chi connectivity index (χ1v) is 10.2. The fourth-order valence-corrected chi connectivity index (χ4v) is 5.33. The Kier molecular flexibility index (Phi) is 5.33. The van der Waals surface area contributed by atoms with Crippen molar-refractivity contribution in [3.05, 3.63) is 12.4 Å². The van der Waals surface area contributed by atoms with Gasteiger partial charge in [-0.05, 0) is 18.8 Å². The Bertz CT molecular complexity index is 584. The first kappa shape index (κ1) is 16.9. The molecule has 1 saturated carbocycles. The molecule has 2 aliphatic rings. The number of β-amino-alcohol motifs (C(OH)–C–C–N with tert-alkyl or cyclic N) is 1. The fourth-order valence-electron chi connectivity index (χ4n) is 3.78. The predicted molar refractivity (Wildman–Crippen MR) is 86.2 cm³/mol. The molecular weight excluding hydrogens is 316 g/mol. The maximum atomic E-state index is 12.5. The molecule has 1 aliphatic heterocycles. The van der Waals surface area contributed by atoms with E-state index in [1.165, 1.54) is 42.6 Å². The summed E-state index contributed by atoms with van der Waals surface area (Å²) in [5.41, 5.74) is 0. The summed E-state index contributed by atoms with van der Waals surface area (Å²) in [5.74, 6) is 0.881. The molecule has 0 unspecified atom stereocenters. The third-order valence-electron chi connectivity index (χ3n) is 5.14. The van der Waals surface area contributed by atoms with E-state index in [-0.39, 0.29) is 24.9 Å². The van der Waals surface area contributed by atoms with Gasteiger partial charge in [0.15, 0.2) is 0 Å². The van der Waals surface area contributed by atoms with Gasteiger partial charge in [0.25, 0.3) is 0 Å². The molecule has 0 amide bonds. The fraction of sp³-hybridized carbons (Fsp3) is 0.867. The van der Waals surface area contributed by atoms with Crippen molar-refractivity contribution in [2.24, 2.45) is 5.92 Å². The molecule has 8 heteroatoms. The zero-order chi connectivity index (χ0) is 16.3. The minimum absolute atomic E-state index is 0.149. The maximum Gasteiger partial charge on any atom is 0.214 e. The van der Waals surface area contributed by atoms with Crippen LogP contribution in [0.25, 0.3) is 0 Å². The second kappa shape index (κ2) is 7.27. The molecule has 1 aromatic heterocycles. The van der Waals surface area contributed by atoms with E-state index in [9.17, 15) is 13.5 Å². The molecule has 1 N–H and O–H groups in total. The number of aliphatic hydroxyl groups excluding tert-OH is 1. The van der Waals surface area contributed by atoms with Crippen molar-refractivity contribution in [3.63, 3.8) is 0 Å². The van der Waals surface area contributed by atoms with Crippen molar-refractivity contribution in [1.29, 1.82) is 0 Å². The SMILES string of the molecule is O=S(=O)(CCCC1CCCCC1)N1C[C@@H](O)[C@H](n2ccnn2)C1. The topological polar surface area (TPSA) is 88.3 Å². The molecule has 0 bridgehead atoms. The Labute approximate surface area is 137 Å². The third-order valence-corrected chi connectivity index (χ3v) is 7.03. The Morgan fingerprint density at radius 2 is 1.96 bits per heavy atom. The molecule has 0 spiro atoms. The second-order valence-electron chi connectivity index (χ2n) is 6.80. The van der Waals surface area contributed by atoms with E-state index in [4.69, 9.17) is 0 Å². The quantitative estimate of drug-likeness (QED) is 0.839. The highest BCUT2D eigenvalue weighted by Crippen LogP contribution is 2.28. The normalized spacial score (nSPS) is 27.5. The van der Waals surface area contributed by atoms with E-state index in [2.05, 4.69) is 10.3 Å². The molecule has 2 atom stereocenters. The van der Waals surface area contributed by atoms with Crippen LogP contribution in [0.15, 0.2) is 12.4 Å². The Morgan fingerprint density at radius 3 is 2.65 bits per heavy atom. The minimum atomic E-state index is -3.31. The predicted octanol–water partition coefficient (Wildman–Crippen LogP) is 1.19. The molecule has 3 rings (SSSR count). The summed E-state index contributed by atoms with van der Waals surface area (Å²) >= 11 is 0. The molecule has 130 valence electrons. The van der Waals surface area contributed by atoms with Crippen molar-refractivity contribution in [1.82, 2.24) is 19.3 Å². The number of hydrogen-bond donors (Lipinski definition) is 1. The van der Waals surface area contributed by atoms with Gasteiger partial charge in [0.2, 0.25) is 10.0 Å². The number of aromatic nitrogens is 3. The summed E-state index contributed by atoms with van der Waals surface area (Å²) in [5, 5.41) is 17.7. The van der Waals surface area contributed by atoms with E-state index < -0.39 is 16.1 Å². The summed E-state index contributed by atoms with van der Waals surface area (Å²) in [7, 11) is -3.31. The van der Waals surface area contributed by atoms with E-state index in [0.29, 0.717) is 12.3 Å². The first-order chi connectivity index (χ1) is 11.1. The molecule has 1 saturated heterocycles. The van der Waals surface area contributed by atoms with E-state index in [1.54, 1.807) is 10.9 Å². The van der Waals surface area contributed by atoms with Crippen LogP contribution in [-0.4, -0.2) is 57.8 Å². The molecule has 2 fully saturated rings. The van der Waals surface area contributed by atoms with Crippen molar-refractivity contribution < 1.29 is 13.5 Å². The highest BCUT2D eigenvalue weighted by atomic mass is 32.2. The standard InChI is InChI=1S/C15H26N4O3S/c20-15-12-18(11-14(15)19-9-8-16-17-19)23(21,22)10-4-7-13-5-2-1-3-6-13/h8-9,13-15,20H,1-7,10-12H2/t14-,15-/m1/s1. The van der Waals surface area contributed by atoms with Gasteiger partial charge in [-0.3, -0.25) is 0 Å². The summed E-state index contributed by atoms with van der Waals surface area (Å²) < 4.78 is 28.0. The smallest absolute Gasteiger partial charge is 0.214 e. The lowest BCUT2D eigenvalue weighted by atomic mass is 9.86. The van der Waals surface area contributed by atoms with Crippen molar-refractivity contribution in [2.45, 2.75) is 57.1 Å². The number of hydrogen-bond acceptors (Lipinski definition) is 5. The highest BCUT2D eigenvalue weighted by Gasteiger charge is 2.38. The van der Waals surface area contributed by atoms with Crippen LogP contribution in [0.5, 0.6) is 0 Å². The first-order valence-electron chi connectivity index (χ1n) is 8.58. The molecule has 23 heavy (non-hydrogen) atoms. The van der Waals surface area contributed by atoms with Gasteiger partial charge in [0.05, 0.1) is 24.1 Å². The van der Waals surface area contributed by atoms with Crippen LogP contribution in [0.3, 0.4) is 0 Å².